The van der Waals surface area contributed by atoms with Crippen LogP contribution in [0.4, 0.5) is 0 Å². The molecule has 0 aromatic rings. The summed E-state index contributed by atoms with van der Waals surface area (Å²) in [6.45, 7) is 1.61. The van der Waals surface area contributed by atoms with Crippen molar-refractivity contribution in [1.29, 1.82) is 0 Å². The standard InChI is InChI=1S/C8H12O3/c1-7(8(10)11)5-3-2-4-6-9/h2-3,5,9H,4,6H2,1H3,(H,10,11). The van der Waals surface area contributed by atoms with Crippen molar-refractivity contribution in [3.63, 3.8) is 0 Å². The van der Waals surface area contributed by atoms with E-state index in [1.807, 2.05) is 0 Å². The van der Waals surface area contributed by atoms with E-state index in [0.29, 0.717) is 12.0 Å². The third kappa shape index (κ3) is 5.36. The van der Waals surface area contributed by atoms with Crippen LogP contribution in [-0.4, -0.2) is 22.8 Å². The Balaban J connectivity index is 3.81. The van der Waals surface area contributed by atoms with Gasteiger partial charge in [0.15, 0.2) is 0 Å². The first-order valence-corrected chi connectivity index (χ1v) is 3.36. The van der Waals surface area contributed by atoms with Crippen molar-refractivity contribution in [3.05, 3.63) is 23.8 Å². The van der Waals surface area contributed by atoms with E-state index in [0.717, 1.165) is 0 Å². The fourth-order valence-electron chi connectivity index (χ4n) is 0.454. The second-order valence-electron chi connectivity index (χ2n) is 2.10. The molecule has 0 saturated heterocycles. The molecule has 0 aliphatic carbocycles. The van der Waals surface area contributed by atoms with Crippen molar-refractivity contribution < 1.29 is 15.0 Å². The topological polar surface area (TPSA) is 57.5 Å². The molecule has 0 aliphatic rings. The number of carboxylic acid groups (broad SMARTS) is 1. The summed E-state index contributed by atoms with van der Waals surface area (Å²) < 4.78 is 0. The molecule has 0 heterocycles. The fraction of sp³-hybridized carbons (Fsp3) is 0.375. The Kier molecular flexibility index (Phi) is 5.11. The lowest BCUT2D eigenvalue weighted by atomic mass is 10.2. The number of aliphatic hydroxyl groups is 1. The van der Waals surface area contributed by atoms with Crippen LogP contribution in [0.5, 0.6) is 0 Å². The molecule has 0 fully saturated rings. The molecule has 2 N–H and O–H groups in total. The Labute approximate surface area is 65.7 Å². The number of hydrogen-bond donors (Lipinski definition) is 2. The second-order valence-corrected chi connectivity index (χ2v) is 2.10. The average Bonchev–Trinajstić information content (AvgIpc) is 1.97. The van der Waals surface area contributed by atoms with Crippen molar-refractivity contribution in [2.24, 2.45) is 0 Å². The highest BCUT2D eigenvalue weighted by Crippen LogP contribution is 1.92. The molecule has 0 amide bonds. The van der Waals surface area contributed by atoms with E-state index in [9.17, 15) is 4.79 Å². The summed E-state index contributed by atoms with van der Waals surface area (Å²) in [4.78, 5) is 10.2. The summed E-state index contributed by atoms with van der Waals surface area (Å²) in [5.74, 6) is -0.918. The molecule has 3 nitrogen and oxygen atoms in total. The third-order valence-corrected chi connectivity index (χ3v) is 1.12. The summed E-state index contributed by atoms with van der Waals surface area (Å²) in [6.07, 6.45) is 5.40. The highest BCUT2D eigenvalue weighted by atomic mass is 16.4. The van der Waals surface area contributed by atoms with Gasteiger partial charge in [-0.3, -0.25) is 0 Å². The normalized spacial score (nSPS) is 12.4. The molecule has 0 radical (unpaired) electrons. The van der Waals surface area contributed by atoms with Gasteiger partial charge in [-0.15, -0.1) is 0 Å². The molecule has 0 aliphatic heterocycles. The zero-order valence-corrected chi connectivity index (χ0v) is 6.45. The molecular weight excluding hydrogens is 144 g/mol. The molecule has 0 aromatic carbocycles. The lowest BCUT2D eigenvalue weighted by Gasteiger charge is -1.87. The Bertz CT molecular complexity index is 180. The average molecular weight is 156 g/mol. The molecule has 62 valence electrons. The minimum atomic E-state index is -0.918. The van der Waals surface area contributed by atoms with Crippen LogP contribution < -0.4 is 0 Å². The molecule has 0 bridgehead atoms. The van der Waals surface area contributed by atoms with Gasteiger partial charge in [-0.05, 0) is 13.3 Å². The van der Waals surface area contributed by atoms with Gasteiger partial charge in [0.2, 0.25) is 0 Å². The van der Waals surface area contributed by atoms with E-state index in [4.69, 9.17) is 10.2 Å². The van der Waals surface area contributed by atoms with Crippen LogP contribution in [0.3, 0.4) is 0 Å². The predicted molar refractivity (Wildman–Crippen MR) is 42.2 cm³/mol. The van der Waals surface area contributed by atoms with E-state index in [2.05, 4.69) is 0 Å². The Morgan fingerprint density at radius 2 is 2.18 bits per heavy atom. The first-order chi connectivity index (χ1) is 5.18. The molecule has 0 rings (SSSR count). The number of aliphatic carboxylic acids is 1. The molecular formula is C8H12O3. The van der Waals surface area contributed by atoms with Crippen LogP contribution in [0, 0.1) is 0 Å². The summed E-state index contributed by atoms with van der Waals surface area (Å²) >= 11 is 0. The largest absolute Gasteiger partial charge is 0.478 e. The maximum absolute atomic E-state index is 10.2. The Morgan fingerprint density at radius 3 is 2.64 bits per heavy atom. The maximum Gasteiger partial charge on any atom is 0.331 e. The third-order valence-electron chi connectivity index (χ3n) is 1.12. The first kappa shape index (κ1) is 9.91. The van der Waals surface area contributed by atoms with Gasteiger partial charge in [-0.25, -0.2) is 4.79 Å². The number of carbonyl (C=O) groups is 1. The highest BCUT2D eigenvalue weighted by Gasteiger charge is 1.94. The zero-order valence-electron chi connectivity index (χ0n) is 6.45. The minimum Gasteiger partial charge on any atom is -0.478 e. The molecule has 11 heavy (non-hydrogen) atoms. The lowest BCUT2D eigenvalue weighted by molar-refractivity contribution is -0.132. The van der Waals surface area contributed by atoms with Crippen LogP contribution in [0.25, 0.3) is 0 Å². The Hall–Kier alpha value is -1.09. The molecule has 0 unspecified atom stereocenters. The van der Waals surface area contributed by atoms with Crippen molar-refractivity contribution in [2.45, 2.75) is 13.3 Å². The van der Waals surface area contributed by atoms with Gasteiger partial charge >= 0.3 is 5.97 Å². The highest BCUT2D eigenvalue weighted by molar-refractivity contribution is 5.86. The minimum absolute atomic E-state index is 0.0937. The van der Waals surface area contributed by atoms with Gasteiger partial charge < -0.3 is 10.2 Å². The Morgan fingerprint density at radius 1 is 1.55 bits per heavy atom. The second kappa shape index (κ2) is 5.68. The van der Waals surface area contributed by atoms with Crippen molar-refractivity contribution in [1.82, 2.24) is 0 Å². The monoisotopic (exact) mass is 156 g/mol. The zero-order chi connectivity index (χ0) is 8.69. The van der Waals surface area contributed by atoms with Crippen LogP contribution in [-0.2, 0) is 4.79 Å². The maximum atomic E-state index is 10.2. The van der Waals surface area contributed by atoms with Crippen LogP contribution in [0.1, 0.15) is 13.3 Å². The summed E-state index contributed by atoms with van der Waals surface area (Å²) in [7, 11) is 0. The van der Waals surface area contributed by atoms with E-state index < -0.39 is 5.97 Å². The molecule has 0 spiro atoms. The quantitative estimate of drug-likeness (QED) is 0.470. The van der Waals surface area contributed by atoms with Crippen molar-refractivity contribution in [3.8, 4) is 0 Å². The molecule has 0 atom stereocenters. The smallest absolute Gasteiger partial charge is 0.331 e. The number of rotatable bonds is 4. The van der Waals surface area contributed by atoms with Gasteiger partial charge in [0.25, 0.3) is 0 Å². The van der Waals surface area contributed by atoms with E-state index in [-0.39, 0.29) is 6.61 Å². The molecule has 0 saturated carbocycles. The molecule has 3 heteroatoms. The van der Waals surface area contributed by atoms with E-state index in [1.165, 1.54) is 13.0 Å². The summed E-state index contributed by atoms with van der Waals surface area (Å²) in [5.41, 5.74) is 0.291. The number of allylic oxidation sites excluding steroid dienone is 2. The lowest BCUT2D eigenvalue weighted by Crippen LogP contribution is -1.94. The van der Waals surface area contributed by atoms with Crippen LogP contribution in [0.15, 0.2) is 23.8 Å². The van der Waals surface area contributed by atoms with Crippen molar-refractivity contribution >= 4 is 5.97 Å². The van der Waals surface area contributed by atoms with E-state index >= 15 is 0 Å². The van der Waals surface area contributed by atoms with Crippen molar-refractivity contribution in [2.75, 3.05) is 6.61 Å². The van der Waals surface area contributed by atoms with Crippen LogP contribution >= 0.6 is 0 Å². The summed E-state index contributed by atoms with van der Waals surface area (Å²) in [5, 5.41) is 16.7. The van der Waals surface area contributed by atoms with Gasteiger partial charge in [-0.1, -0.05) is 18.2 Å². The number of hydrogen-bond acceptors (Lipinski definition) is 2. The SMILES string of the molecule is CC(=CC=CCCO)C(=O)O. The number of carboxylic acids is 1. The van der Waals surface area contributed by atoms with E-state index in [1.54, 1.807) is 12.2 Å². The summed E-state index contributed by atoms with van der Waals surface area (Å²) in [6, 6.07) is 0. The predicted octanol–water partition coefficient (Wildman–Crippen LogP) is 0.956. The first-order valence-electron chi connectivity index (χ1n) is 3.36. The number of aliphatic hydroxyl groups excluding tert-OH is 1. The van der Waals surface area contributed by atoms with Gasteiger partial charge in [-0.2, -0.15) is 0 Å². The van der Waals surface area contributed by atoms with Gasteiger partial charge in [0, 0.05) is 12.2 Å². The molecule has 0 aromatic heterocycles. The van der Waals surface area contributed by atoms with Gasteiger partial charge in [0.1, 0.15) is 0 Å². The van der Waals surface area contributed by atoms with Gasteiger partial charge in [0.05, 0.1) is 0 Å². The van der Waals surface area contributed by atoms with Crippen LogP contribution in [0.2, 0.25) is 0 Å². The fourth-order valence-corrected chi connectivity index (χ4v) is 0.454.